The molecule has 0 spiro atoms. The molecule has 0 aliphatic carbocycles. The second-order valence-corrected chi connectivity index (χ2v) is 4.34. The van der Waals surface area contributed by atoms with Gasteiger partial charge in [0.05, 0.1) is 11.4 Å². The van der Waals surface area contributed by atoms with E-state index >= 15 is 0 Å². The molecule has 1 aromatic rings. The first-order chi connectivity index (χ1) is 8.91. The summed E-state index contributed by atoms with van der Waals surface area (Å²) in [5.41, 5.74) is 10.9. The van der Waals surface area contributed by atoms with Gasteiger partial charge in [0.15, 0.2) is 5.41 Å². The van der Waals surface area contributed by atoms with E-state index in [1.54, 1.807) is 13.0 Å². The number of carbonyl (C=O) groups excluding carboxylic acids is 3. The number of urea groups is 1. The lowest BCUT2D eigenvalue weighted by atomic mass is 9.75. The van der Waals surface area contributed by atoms with E-state index < -0.39 is 23.3 Å². The summed E-state index contributed by atoms with van der Waals surface area (Å²) >= 11 is 0. The van der Waals surface area contributed by atoms with Crippen molar-refractivity contribution in [2.75, 3.05) is 11.5 Å². The molecule has 6 N–H and O–H groups in total. The highest BCUT2D eigenvalue weighted by Gasteiger charge is 2.50. The molecular weight excluding hydrogens is 248 g/mol. The van der Waals surface area contributed by atoms with Gasteiger partial charge in [-0.3, -0.25) is 20.2 Å². The maximum atomic E-state index is 12.1. The van der Waals surface area contributed by atoms with Crippen LogP contribution in [-0.2, 0) is 15.0 Å². The zero-order chi connectivity index (χ0) is 14.2. The van der Waals surface area contributed by atoms with Gasteiger partial charge in [-0.25, -0.2) is 4.79 Å². The molecule has 1 aliphatic heterocycles. The number of barbiturate groups is 1. The van der Waals surface area contributed by atoms with Crippen LogP contribution in [0.25, 0.3) is 0 Å². The number of imide groups is 2. The van der Waals surface area contributed by atoms with Gasteiger partial charge in [-0.05, 0) is 24.1 Å². The first-order valence-corrected chi connectivity index (χ1v) is 5.74. The van der Waals surface area contributed by atoms with Crippen LogP contribution in [0.4, 0.5) is 16.2 Å². The van der Waals surface area contributed by atoms with Crippen molar-refractivity contribution in [3.8, 4) is 0 Å². The lowest BCUT2D eigenvalue weighted by molar-refractivity contribution is -0.138. The molecule has 2 rings (SSSR count). The summed E-state index contributed by atoms with van der Waals surface area (Å²) in [6.45, 7) is 1.68. The quantitative estimate of drug-likeness (QED) is 0.436. The van der Waals surface area contributed by atoms with Crippen LogP contribution >= 0.6 is 0 Å². The maximum Gasteiger partial charge on any atom is 0.328 e. The second kappa shape index (κ2) is 4.27. The number of hydrogen-bond donors (Lipinski definition) is 4. The van der Waals surface area contributed by atoms with Crippen molar-refractivity contribution < 1.29 is 14.4 Å². The van der Waals surface area contributed by atoms with Crippen molar-refractivity contribution in [3.63, 3.8) is 0 Å². The van der Waals surface area contributed by atoms with E-state index in [-0.39, 0.29) is 12.1 Å². The minimum Gasteiger partial charge on any atom is -0.397 e. The molecule has 100 valence electrons. The zero-order valence-corrected chi connectivity index (χ0v) is 10.3. The van der Waals surface area contributed by atoms with E-state index in [1.165, 1.54) is 12.1 Å². The summed E-state index contributed by atoms with van der Waals surface area (Å²) in [6, 6.07) is 3.75. The van der Waals surface area contributed by atoms with Crippen LogP contribution in [0.2, 0.25) is 0 Å². The molecule has 0 radical (unpaired) electrons. The van der Waals surface area contributed by atoms with Crippen molar-refractivity contribution >= 4 is 29.2 Å². The fourth-order valence-electron chi connectivity index (χ4n) is 2.18. The topological polar surface area (TPSA) is 127 Å². The van der Waals surface area contributed by atoms with Crippen molar-refractivity contribution in [3.05, 3.63) is 23.8 Å². The Morgan fingerprint density at radius 1 is 1.05 bits per heavy atom. The largest absolute Gasteiger partial charge is 0.397 e. The van der Waals surface area contributed by atoms with Crippen LogP contribution in [0.5, 0.6) is 0 Å². The van der Waals surface area contributed by atoms with Crippen molar-refractivity contribution in [1.29, 1.82) is 0 Å². The van der Waals surface area contributed by atoms with Gasteiger partial charge in [0, 0.05) is 0 Å². The van der Waals surface area contributed by atoms with Gasteiger partial charge in [0.1, 0.15) is 0 Å². The summed E-state index contributed by atoms with van der Waals surface area (Å²) < 4.78 is 0. The lowest BCUT2D eigenvalue weighted by Crippen LogP contribution is -2.64. The molecule has 1 heterocycles. The number of nitrogen functional groups attached to an aromatic ring is 2. The Balaban J connectivity index is 2.58. The minimum absolute atomic E-state index is 0.196. The van der Waals surface area contributed by atoms with Crippen LogP contribution in [-0.4, -0.2) is 17.8 Å². The summed E-state index contributed by atoms with van der Waals surface area (Å²) in [5, 5.41) is 4.20. The van der Waals surface area contributed by atoms with Crippen LogP contribution in [0, 0.1) is 0 Å². The van der Waals surface area contributed by atoms with Crippen LogP contribution in [0.1, 0.15) is 18.9 Å². The Morgan fingerprint density at radius 2 is 1.63 bits per heavy atom. The first kappa shape index (κ1) is 12.9. The molecule has 1 aromatic carbocycles. The average molecular weight is 262 g/mol. The number of hydrogen-bond acceptors (Lipinski definition) is 5. The van der Waals surface area contributed by atoms with Gasteiger partial charge in [-0.1, -0.05) is 13.0 Å². The summed E-state index contributed by atoms with van der Waals surface area (Å²) in [6.07, 6.45) is 0.196. The van der Waals surface area contributed by atoms with E-state index in [2.05, 4.69) is 10.6 Å². The first-order valence-electron chi connectivity index (χ1n) is 5.74. The predicted octanol–water partition coefficient (Wildman–Crippen LogP) is -0.135. The van der Waals surface area contributed by atoms with E-state index in [1.807, 2.05) is 0 Å². The average Bonchev–Trinajstić information content (AvgIpc) is 2.33. The molecule has 0 atom stereocenters. The molecular formula is C12H14N4O3. The SMILES string of the molecule is CCC1(c2ccc(N)c(N)c2)C(=O)NC(=O)NC1=O. The fraction of sp³-hybridized carbons (Fsp3) is 0.250. The van der Waals surface area contributed by atoms with Crippen molar-refractivity contribution in [1.82, 2.24) is 10.6 Å². The molecule has 4 amide bonds. The number of nitrogens with two attached hydrogens (primary N) is 2. The number of carbonyl (C=O) groups is 3. The molecule has 1 fully saturated rings. The summed E-state index contributed by atoms with van der Waals surface area (Å²) in [5.74, 6) is -1.32. The second-order valence-electron chi connectivity index (χ2n) is 4.34. The van der Waals surface area contributed by atoms with E-state index in [0.717, 1.165) is 0 Å². The van der Waals surface area contributed by atoms with E-state index in [4.69, 9.17) is 11.5 Å². The lowest BCUT2D eigenvalue weighted by Gasteiger charge is -2.33. The molecule has 7 nitrogen and oxygen atoms in total. The number of anilines is 2. The Labute approximate surface area is 109 Å². The Hall–Kier alpha value is -2.57. The zero-order valence-electron chi connectivity index (χ0n) is 10.3. The van der Waals surface area contributed by atoms with Crippen molar-refractivity contribution in [2.45, 2.75) is 18.8 Å². The number of amides is 4. The van der Waals surface area contributed by atoms with Gasteiger partial charge in [-0.15, -0.1) is 0 Å². The predicted molar refractivity (Wildman–Crippen MR) is 68.9 cm³/mol. The van der Waals surface area contributed by atoms with Crippen LogP contribution in [0.15, 0.2) is 18.2 Å². The third kappa shape index (κ3) is 1.79. The normalized spacial score (nSPS) is 17.8. The van der Waals surface area contributed by atoms with Crippen LogP contribution < -0.4 is 22.1 Å². The van der Waals surface area contributed by atoms with Gasteiger partial charge in [-0.2, -0.15) is 0 Å². The fourth-order valence-corrected chi connectivity index (χ4v) is 2.18. The standard InChI is InChI=1S/C12H14N4O3/c1-2-12(6-3-4-7(13)8(14)5-6)9(17)15-11(19)16-10(12)18/h3-5H,2,13-14H2,1H3,(H2,15,16,17,18,19). The smallest absolute Gasteiger partial charge is 0.328 e. The maximum absolute atomic E-state index is 12.1. The summed E-state index contributed by atoms with van der Waals surface area (Å²) in [7, 11) is 0. The highest BCUT2D eigenvalue weighted by Crippen LogP contribution is 2.33. The highest BCUT2D eigenvalue weighted by atomic mass is 16.2. The highest BCUT2D eigenvalue weighted by molar-refractivity contribution is 6.23. The molecule has 19 heavy (non-hydrogen) atoms. The van der Waals surface area contributed by atoms with Crippen molar-refractivity contribution in [2.24, 2.45) is 0 Å². The molecule has 7 heteroatoms. The Kier molecular flexibility index (Phi) is 2.89. The van der Waals surface area contributed by atoms with Gasteiger partial charge in [0.2, 0.25) is 11.8 Å². The molecule has 0 unspecified atom stereocenters. The summed E-state index contributed by atoms with van der Waals surface area (Å²) in [4.78, 5) is 35.3. The molecule has 1 saturated heterocycles. The number of nitrogens with one attached hydrogen (secondary N) is 2. The van der Waals surface area contributed by atoms with E-state index in [0.29, 0.717) is 11.3 Å². The number of rotatable bonds is 2. The third-order valence-corrected chi connectivity index (χ3v) is 3.34. The molecule has 0 bridgehead atoms. The molecule has 1 aliphatic rings. The minimum atomic E-state index is -1.46. The third-order valence-electron chi connectivity index (χ3n) is 3.34. The van der Waals surface area contributed by atoms with E-state index in [9.17, 15) is 14.4 Å². The van der Waals surface area contributed by atoms with Gasteiger partial charge >= 0.3 is 6.03 Å². The Bertz CT molecular complexity index is 562. The monoisotopic (exact) mass is 262 g/mol. The number of benzene rings is 1. The van der Waals surface area contributed by atoms with Crippen LogP contribution in [0.3, 0.4) is 0 Å². The Morgan fingerprint density at radius 3 is 2.11 bits per heavy atom. The van der Waals surface area contributed by atoms with Gasteiger partial charge in [0.25, 0.3) is 0 Å². The molecule has 0 aromatic heterocycles. The van der Waals surface area contributed by atoms with Gasteiger partial charge < -0.3 is 11.5 Å². The molecule has 0 saturated carbocycles.